The summed E-state index contributed by atoms with van der Waals surface area (Å²) in [6.07, 6.45) is 5.53. The third kappa shape index (κ3) is 3.06. The number of aryl methyl sites for hydroxylation is 1. The number of carbonyl (C=O) groups is 2. The molecule has 0 amide bonds. The zero-order chi connectivity index (χ0) is 16.3. The van der Waals surface area contributed by atoms with Crippen LogP contribution >= 0.6 is 0 Å². The van der Waals surface area contributed by atoms with Gasteiger partial charge in [0.25, 0.3) is 0 Å². The van der Waals surface area contributed by atoms with Gasteiger partial charge in [0.05, 0.1) is 5.56 Å². The highest BCUT2D eigenvalue weighted by atomic mass is 16.4. The molecule has 4 heteroatoms. The Morgan fingerprint density at radius 1 is 1.18 bits per heavy atom. The molecule has 0 aliphatic carbocycles. The third-order valence-corrected chi connectivity index (χ3v) is 4.15. The summed E-state index contributed by atoms with van der Waals surface area (Å²) in [7, 11) is 1.88. The Morgan fingerprint density at radius 3 is 2.36 bits per heavy atom. The molecule has 1 aromatic heterocycles. The highest BCUT2D eigenvalue weighted by Gasteiger charge is 2.22. The van der Waals surface area contributed by atoms with Gasteiger partial charge in [-0.15, -0.1) is 0 Å². The summed E-state index contributed by atoms with van der Waals surface area (Å²) in [6, 6.07) is 4.96. The van der Waals surface area contributed by atoms with Gasteiger partial charge < -0.3 is 9.67 Å². The van der Waals surface area contributed by atoms with Gasteiger partial charge in [-0.25, -0.2) is 4.79 Å². The van der Waals surface area contributed by atoms with Crippen LogP contribution in [0, 0.1) is 5.92 Å². The molecule has 22 heavy (non-hydrogen) atoms. The van der Waals surface area contributed by atoms with Crippen molar-refractivity contribution >= 4 is 22.7 Å². The predicted molar refractivity (Wildman–Crippen MR) is 87.5 cm³/mol. The second-order valence-electron chi connectivity index (χ2n) is 5.83. The number of carboxylic acid groups (broad SMARTS) is 1. The van der Waals surface area contributed by atoms with Gasteiger partial charge in [0, 0.05) is 35.6 Å². The molecule has 0 aliphatic rings. The zero-order valence-electron chi connectivity index (χ0n) is 13.4. The monoisotopic (exact) mass is 301 g/mol. The number of Topliss-reactive ketones (excluding diaryl/α,β-unsaturated/α-hetero) is 1. The minimum absolute atomic E-state index is 0.0223. The Morgan fingerprint density at radius 2 is 1.82 bits per heavy atom. The van der Waals surface area contributed by atoms with Gasteiger partial charge in [0.1, 0.15) is 0 Å². The number of ketones is 1. The van der Waals surface area contributed by atoms with Gasteiger partial charge in [-0.3, -0.25) is 4.79 Å². The standard InChI is InChI=1S/C18H23NO3/c1-4-6-12(7-5-2)17(20)15-11-19(3)16-9-8-13(18(21)22)10-14(15)16/h8-12H,4-7H2,1-3H3,(H,21,22). The Labute approximate surface area is 130 Å². The van der Waals surface area contributed by atoms with Gasteiger partial charge in [-0.1, -0.05) is 26.7 Å². The normalized spacial score (nSPS) is 11.3. The number of carbonyl (C=O) groups excluding carboxylic acids is 1. The molecule has 0 aliphatic heterocycles. The fourth-order valence-electron chi connectivity index (χ4n) is 3.04. The van der Waals surface area contributed by atoms with Crippen molar-refractivity contribution in [2.75, 3.05) is 0 Å². The zero-order valence-corrected chi connectivity index (χ0v) is 13.4. The summed E-state index contributed by atoms with van der Waals surface area (Å²) in [5.74, 6) is -0.811. The van der Waals surface area contributed by atoms with Crippen LogP contribution in [0.25, 0.3) is 10.9 Å². The molecule has 1 aromatic carbocycles. The quantitative estimate of drug-likeness (QED) is 0.777. The van der Waals surface area contributed by atoms with E-state index in [1.165, 1.54) is 0 Å². The lowest BCUT2D eigenvalue weighted by Crippen LogP contribution is -2.14. The molecule has 0 fully saturated rings. The maximum Gasteiger partial charge on any atom is 0.335 e. The molecule has 0 radical (unpaired) electrons. The lowest BCUT2D eigenvalue weighted by Gasteiger charge is -2.13. The first-order valence-corrected chi connectivity index (χ1v) is 7.86. The molecule has 0 saturated carbocycles. The first kappa shape index (κ1) is 16.3. The van der Waals surface area contributed by atoms with E-state index in [0.717, 1.165) is 36.6 Å². The number of hydrogen-bond donors (Lipinski definition) is 1. The van der Waals surface area contributed by atoms with E-state index in [-0.39, 0.29) is 17.3 Å². The van der Waals surface area contributed by atoms with Crippen molar-refractivity contribution in [2.24, 2.45) is 13.0 Å². The molecule has 0 spiro atoms. The predicted octanol–water partition coefficient (Wildman–Crippen LogP) is 4.28. The smallest absolute Gasteiger partial charge is 0.335 e. The molecule has 0 bridgehead atoms. The maximum absolute atomic E-state index is 12.9. The van der Waals surface area contributed by atoms with E-state index in [2.05, 4.69) is 13.8 Å². The van der Waals surface area contributed by atoms with Gasteiger partial charge in [-0.05, 0) is 31.0 Å². The van der Waals surface area contributed by atoms with Gasteiger partial charge in [0.2, 0.25) is 0 Å². The van der Waals surface area contributed by atoms with Crippen molar-refractivity contribution in [3.8, 4) is 0 Å². The molecule has 4 nitrogen and oxygen atoms in total. The summed E-state index contributed by atoms with van der Waals surface area (Å²) in [5.41, 5.74) is 1.75. The third-order valence-electron chi connectivity index (χ3n) is 4.15. The van der Waals surface area contributed by atoms with Crippen molar-refractivity contribution < 1.29 is 14.7 Å². The number of aromatic carboxylic acids is 1. The minimum Gasteiger partial charge on any atom is -0.478 e. The second-order valence-corrected chi connectivity index (χ2v) is 5.83. The number of aromatic nitrogens is 1. The molecule has 1 heterocycles. The SMILES string of the molecule is CCCC(CCC)C(=O)c1cn(C)c2ccc(C(=O)O)cc12. The summed E-state index contributed by atoms with van der Waals surface area (Å²) in [4.78, 5) is 24.1. The summed E-state index contributed by atoms with van der Waals surface area (Å²) in [6.45, 7) is 4.17. The van der Waals surface area contributed by atoms with Crippen molar-refractivity contribution in [3.05, 3.63) is 35.5 Å². The maximum atomic E-state index is 12.9. The molecule has 2 aromatic rings. The van der Waals surface area contributed by atoms with Gasteiger partial charge in [-0.2, -0.15) is 0 Å². The van der Waals surface area contributed by atoms with Crippen molar-refractivity contribution in [2.45, 2.75) is 39.5 Å². The summed E-state index contributed by atoms with van der Waals surface area (Å²) >= 11 is 0. The Hall–Kier alpha value is -2.10. The highest BCUT2D eigenvalue weighted by molar-refractivity contribution is 6.10. The lowest BCUT2D eigenvalue weighted by atomic mass is 9.89. The van der Waals surface area contributed by atoms with Gasteiger partial charge in [0.15, 0.2) is 5.78 Å². The fourth-order valence-corrected chi connectivity index (χ4v) is 3.04. The molecule has 0 unspecified atom stereocenters. The van der Waals surface area contributed by atoms with Crippen molar-refractivity contribution in [1.29, 1.82) is 0 Å². The average Bonchev–Trinajstić information content (AvgIpc) is 2.83. The Kier molecular flexibility index (Phi) is 5.01. The number of carboxylic acids is 1. The number of benzene rings is 1. The highest BCUT2D eigenvalue weighted by Crippen LogP contribution is 2.27. The van der Waals surface area contributed by atoms with E-state index < -0.39 is 5.97 Å². The number of hydrogen-bond acceptors (Lipinski definition) is 2. The number of rotatable bonds is 7. The number of nitrogens with zero attached hydrogens (tertiary/aromatic N) is 1. The molecule has 2 rings (SSSR count). The Bertz CT molecular complexity index is 694. The van der Waals surface area contributed by atoms with Crippen LogP contribution in [0.1, 0.15) is 60.2 Å². The van der Waals surface area contributed by atoms with Crippen LogP contribution in [0.15, 0.2) is 24.4 Å². The van der Waals surface area contributed by atoms with Crippen LogP contribution in [0.4, 0.5) is 0 Å². The molecule has 0 saturated heterocycles. The molecule has 118 valence electrons. The largest absolute Gasteiger partial charge is 0.478 e. The van der Waals surface area contributed by atoms with E-state index in [1.807, 2.05) is 17.8 Å². The van der Waals surface area contributed by atoms with Crippen molar-refractivity contribution in [3.63, 3.8) is 0 Å². The van der Waals surface area contributed by atoms with Crippen LogP contribution in [0.5, 0.6) is 0 Å². The van der Waals surface area contributed by atoms with E-state index in [9.17, 15) is 9.59 Å². The summed E-state index contributed by atoms with van der Waals surface area (Å²) < 4.78 is 1.89. The van der Waals surface area contributed by atoms with Gasteiger partial charge >= 0.3 is 5.97 Å². The molecule has 0 atom stereocenters. The van der Waals surface area contributed by atoms with Crippen molar-refractivity contribution in [1.82, 2.24) is 4.57 Å². The van der Waals surface area contributed by atoms with E-state index in [1.54, 1.807) is 18.2 Å². The fraction of sp³-hybridized carbons (Fsp3) is 0.444. The Balaban J connectivity index is 2.51. The number of fused-ring (bicyclic) bond motifs is 1. The minimum atomic E-state index is -0.970. The van der Waals surface area contributed by atoms with Crippen LogP contribution in [-0.2, 0) is 7.05 Å². The van der Waals surface area contributed by atoms with Crippen LogP contribution in [-0.4, -0.2) is 21.4 Å². The van der Waals surface area contributed by atoms with E-state index in [4.69, 9.17) is 5.11 Å². The topological polar surface area (TPSA) is 59.3 Å². The summed E-state index contributed by atoms with van der Waals surface area (Å²) in [5, 5.41) is 9.91. The first-order valence-electron chi connectivity index (χ1n) is 7.86. The molecule has 1 N–H and O–H groups in total. The second kappa shape index (κ2) is 6.77. The van der Waals surface area contributed by atoms with Crippen LogP contribution in [0.3, 0.4) is 0 Å². The first-order chi connectivity index (χ1) is 10.5. The van der Waals surface area contributed by atoms with Crippen LogP contribution in [0.2, 0.25) is 0 Å². The van der Waals surface area contributed by atoms with E-state index >= 15 is 0 Å². The van der Waals surface area contributed by atoms with E-state index in [0.29, 0.717) is 5.56 Å². The average molecular weight is 301 g/mol. The van der Waals surface area contributed by atoms with Crippen LogP contribution < -0.4 is 0 Å². The lowest BCUT2D eigenvalue weighted by molar-refractivity contribution is 0.0696. The molecular weight excluding hydrogens is 278 g/mol. The molecular formula is C18H23NO3.